The molecule has 0 bridgehead atoms. The van der Waals surface area contributed by atoms with Gasteiger partial charge < -0.3 is 20.1 Å². The monoisotopic (exact) mass is 390 g/mol. The maximum absolute atomic E-state index is 12.7. The summed E-state index contributed by atoms with van der Waals surface area (Å²) in [5.74, 6) is 0.921. The smallest absolute Gasteiger partial charge is 0.338 e. The van der Waals surface area contributed by atoms with Gasteiger partial charge in [0.2, 0.25) is 0 Å². The van der Waals surface area contributed by atoms with Crippen LogP contribution in [0.3, 0.4) is 0 Å². The molecule has 1 atom stereocenters. The van der Waals surface area contributed by atoms with Gasteiger partial charge in [0.15, 0.2) is 0 Å². The number of benzene rings is 1. The highest BCUT2D eigenvalue weighted by Crippen LogP contribution is 2.34. The van der Waals surface area contributed by atoms with Gasteiger partial charge in [0, 0.05) is 16.7 Å². The van der Waals surface area contributed by atoms with Crippen LogP contribution in [-0.4, -0.2) is 36.7 Å². The van der Waals surface area contributed by atoms with E-state index < -0.39 is 12.0 Å². The molecule has 7 heteroatoms. The molecule has 1 aliphatic heterocycles. The van der Waals surface area contributed by atoms with Crippen molar-refractivity contribution in [3.05, 3.63) is 41.1 Å². The van der Waals surface area contributed by atoms with Crippen LogP contribution in [0.2, 0.25) is 0 Å². The van der Waals surface area contributed by atoms with Crippen LogP contribution in [0.4, 0.5) is 4.79 Å². The molecule has 0 unspecified atom stereocenters. The van der Waals surface area contributed by atoms with Gasteiger partial charge in [-0.3, -0.25) is 0 Å². The topological polar surface area (TPSA) is 76.7 Å². The van der Waals surface area contributed by atoms with Crippen LogP contribution in [0.25, 0.3) is 0 Å². The van der Waals surface area contributed by atoms with E-state index in [0.29, 0.717) is 22.3 Å². The number of carbonyl (C=O) groups excluding carboxylic acids is 2. The molecule has 0 radical (unpaired) electrons. The Morgan fingerprint density at radius 3 is 2.56 bits per heavy atom. The number of thioether (sulfide) groups is 1. The Hall–Kier alpha value is -2.15. The van der Waals surface area contributed by atoms with E-state index in [-0.39, 0.29) is 12.6 Å². The van der Waals surface area contributed by atoms with Crippen molar-refractivity contribution in [2.75, 3.05) is 19.5 Å². The number of amides is 2. The molecular weight excluding hydrogens is 364 g/mol. The van der Waals surface area contributed by atoms with Crippen LogP contribution in [0.5, 0.6) is 5.75 Å². The molecule has 0 aromatic heterocycles. The lowest BCUT2D eigenvalue weighted by Gasteiger charge is -2.29. The molecule has 1 fully saturated rings. The van der Waals surface area contributed by atoms with Crippen LogP contribution in [0.15, 0.2) is 35.5 Å². The highest BCUT2D eigenvalue weighted by atomic mass is 32.2. The minimum Gasteiger partial charge on any atom is -0.497 e. The first-order chi connectivity index (χ1) is 13.1. The number of ether oxygens (including phenoxy) is 2. The van der Waals surface area contributed by atoms with E-state index in [9.17, 15) is 9.59 Å². The lowest BCUT2D eigenvalue weighted by Crippen LogP contribution is -2.46. The summed E-state index contributed by atoms with van der Waals surface area (Å²) in [6.07, 6.45) is 4.90. The largest absolute Gasteiger partial charge is 0.497 e. The summed E-state index contributed by atoms with van der Waals surface area (Å²) < 4.78 is 10.5. The molecule has 2 amide bonds. The molecule has 1 aliphatic carbocycles. The first-order valence-electron chi connectivity index (χ1n) is 9.35. The summed E-state index contributed by atoms with van der Waals surface area (Å²) in [5.41, 5.74) is 1.94. The molecular formula is C20H26N2O4S. The number of carbonyl (C=O) groups is 2. The fraction of sp³-hybridized carbons (Fsp3) is 0.500. The third-order valence-corrected chi connectivity index (χ3v) is 6.26. The van der Waals surface area contributed by atoms with Gasteiger partial charge in [-0.2, -0.15) is 11.8 Å². The average molecular weight is 391 g/mol. The molecule has 1 aromatic carbocycles. The van der Waals surface area contributed by atoms with Crippen LogP contribution in [-0.2, 0) is 9.53 Å². The van der Waals surface area contributed by atoms with Gasteiger partial charge in [0.05, 0.1) is 25.3 Å². The summed E-state index contributed by atoms with van der Waals surface area (Å²) in [7, 11) is 1.60. The molecule has 0 spiro atoms. The molecule has 1 saturated carbocycles. The zero-order valence-corrected chi connectivity index (χ0v) is 16.6. The van der Waals surface area contributed by atoms with Crippen LogP contribution < -0.4 is 15.4 Å². The molecule has 6 nitrogen and oxygen atoms in total. The third kappa shape index (κ3) is 4.77. The Labute approximate surface area is 164 Å². The van der Waals surface area contributed by atoms with Gasteiger partial charge in [0.1, 0.15) is 5.75 Å². The lowest BCUT2D eigenvalue weighted by molar-refractivity contribution is -0.139. The second kappa shape index (κ2) is 9.17. The van der Waals surface area contributed by atoms with Crippen molar-refractivity contribution in [3.63, 3.8) is 0 Å². The lowest BCUT2D eigenvalue weighted by atomic mass is 9.95. The number of hydrogen-bond acceptors (Lipinski definition) is 5. The number of urea groups is 1. The van der Waals surface area contributed by atoms with E-state index in [1.807, 2.05) is 24.3 Å². The third-order valence-electron chi connectivity index (χ3n) is 4.86. The summed E-state index contributed by atoms with van der Waals surface area (Å²) in [6.45, 7) is 2.07. The Morgan fingerprint density at radius 2 is 1.93 bits per heavy atom. The van der Waals surface area contributed by atoms with E-state index >= 15 is 0 Å². The summed E-state index contributed by atoms with van der Waals surface area (Å²) >= 11 is 1.81. The zero-order chi connectivity index (χ0) is 19.2. The predicted octanol–water partition coefficient (Wildman–Crippen LogP) is 3.54. The van der Waals surface area contributed by atoms with Crippen molar-refractivity contribution in [2.45, 2.75) is 43.9 Å². The maximum Gasteiger partial charge on any atom is 0.338 e. The van der Waals surface area contributed by atoms with Crippen molar-refractivity contribution in [1.29, 1.82) is 0 Å². The Balaban J connectivity index is 1.90. The number of nitrogens with one attached hydrogen (secondary N) is 2. The molecule has 146 valence electrons. The van der Waals surface area contributed by atoms with Crippen LogP contribution >= 0.6 is 11.8 Å². The maximum atomic E-state index is 12.7. The van der Waals surface area contributed by atoms with Crippen molar-refractivity contribution in [3.8, 4) is 5.75 Å². The zero-order valence-electron chi connectivity index (χ0n) is 15.7. The highest BCUT2D eigenvalue weighted by Gasteiger charge is 2.34. The highest BCUT2D eigenvalue weighted by molar-refractivity contribution is 8.00. The van der Waals surface area contributed by atoms with E-state index in [2.05, 4.69) is 10.6 Å². The first-order valence-corrected chi connectivity index (χ1v) is 10.4. The molecule has 27 heavy (non-hydrogen) atoms. The standard InChI is InChI=1S/C20H26N2O4S/c1-3-26-19(23)17-16(12-27-15-6-4-5-7-15)21-20(24)22-18(17)13-8-10-14(25-2)11-9-13/h8-11,15,18H,3-7,12H2,1-2H3,(H2,21,22,24)/t18-/m1/s1. The van der Waals surface area contributed by atoms with Crippen molar-refractivity contribution in [2.24, 2.45) is 0 Å². The van der Waals surface area contributed by atoms with E-state index in [0.717, 1.165) is 11.3 Å². The van der Waals surface area contributed by atoms with Crippen molar-refractivity contribution in [1.82, 2.24) is 10.6 Å². The minimum absolute atomic E-state index is 0.286. The Bertz CT molecular complexity index is 711. The second-order valence-electron chi connectivity index (χ2n) is 6.63. The Morgan fingerprint density at radius 1 is 1.22 bits per heavy atom. The van der Waals surface area contributed by atoms with Gasteiger partial charge in [0.25, 0.3) is 0 Å². The molecule has 3 rings (SSSR count). The Kier molecular flexibility index (Phi) is 6.66. The van der Waals surface area contributed by atoms with Gasteiger partial charge in [-0.15, -0.1) is 0 Å². The normalized spacial score (nSPS) is 20.2. The van der Waals surface area contributed by atoms with Gasteiger partial charge in [-0.05, 0) is 37.5 Å². The first kappa shape index (κ1) is 19.6. The number of esters is 1. The number of methoxy groups -OCH3 is 1. The van der Waals surface area contributed by atoms with Gasteiger partial charge >= 0.3 is 12.0 Å². The van der Waals surface area contributed by atoms with Gasteiger partial charge in [-0.25, -0.2) is 9.59 Å². The average Bonchev–Trinajstić information content (AvgIpc) is 3.19. The minimum atomic E-state index is -0.539. The molecule has 2 aliphatic rings. The summed E-state index contributed by atoms with van der Waals surface area (Å²) in [4.78, 5) is 25.0. The number of hydrogen-bond donors (Lipinski definition) is 2. The van der Waals surface area contributed by atoms with E-state index in [1.54, 1.807) is 25.8 Å². The van der Waals surface area contributed by atoms with Crippen molar-refractivity contribution < 1.29 is 19.1 Å². The second-order valence-corrected chi connectivity index (χ2v) is 7.92. The van der Waals surface area contributed by atoms with Gasteiger partial charge in [-0.1, -0.05) is 25.0 Å². The van der Waals surface area contributed by atoms with Crippen molar-refractivity contribution >= 4 is 23.8 Å². The molecule has 2 N–H and O–H groups in total. The van der Waals surface area contributed by atoms with E-state index in [1.165, 1.54) is 25.7 Å². The fourth-order valence-electron chi connectivity index (χ4n) is 3.48. The summed E-state index contributed by atoms with van der Waals surface area (Å²) in [5, 5.41) is 6.28. The molecule has 1 aromatic rings. The van der Waals surface area contributed by atoms with E-state index in [4.69, 9.17) is 9.47 Å². The SMILES string of the molecule is CCOC(=O)C1=C(CSC2CCCC2)NC(=O)N[C@@H]1c1ccc(OC)cc1. The fourth-order valence-corrected chi connectivity index (χ4v) is 4.78. The van der Waals surface area contributed by atoms with Crippen LogP contribution in [0, 0.1) is 0 Å². The molecule has 1 heterocycles. The summed E-state index contributed by atoms with van der Waals surface area (Å²) in [6, 6.07) is 6.51. The molecule has 0 saturated heterocycles. The quantitative estimate of drug-likeness (QED) is 0.697. The predicted molar refractivity (Wildman–Crippen MR) is 106 cm³/mol. The van der Waals surface area contributed by atoms with Crippen LogP contribution in [0.1, 0.15) is 44.2 Å². The number of rotatable bonds is 7.